The molecule has 0 aromatic carbocycles. The van der Waals surface area contributed by atoms with Gasteiger partial charge in [0.05, 0.1) is 13.2 Å². The van der Waals surface area contributed by atoms with Gasteiger partial charge in [0.25, 0.3) is 0 Å². The van der Waals surface area contributed by atoms with E-state index in [2.05, 4.69) is 25.0 Å². The highest BCUT2D eigenvalue weighted by atomic mass is 16.5. The summed E-state index contributed by atoms with van der Waals surface area (Å²) in [6, 6.07) is 3.75. The molecule has 7 unspecified atom stereocenters. The van der Waals surface area contributed by atoms with Gasteiger partial charge in [0.15, 0.2) is 11.5 Å². The summed E-state index contributed by atoms with van der Waals surface area (Å²) in [5, 5.41) is 13.3. The molecule has 0 bridgehead atoms. The second-order valence-corrected chi connectivity index (χ2v) is 11.8. The zero-order valence-electron chi connectivity index (χ0n) is 20.1. The van der Waals surface area contributed by atoms with Crippen LogP contribution in [0.3, 0.4) is 0 Å². The normalized spacial score (nSPS) is 43.1. The first kappa shape index (κ1) is 22.1. The summed E-state index contributed by atoms with van der Waals surface area (Å²) in [5.74, 6) is 4.30. The average molecular weight is 438 g/mol. The van der Waals surface area contributed by atoms with Gasteiger partial charge in [-0.3, -0.25) is 9.48 Å². The zero-order chi connectivity index (χ0) is 22.5. The fourth-order valence-corrected chi connectivity index (χ4v) is 9.12. The second-order valence-electron chi connectivity index (χ2n) is 11.8. The van der Waals surface area contributed by atoms with Crippen molar-refractivity contribution in [3.8, 4) is 6.07 Å². The minimum atomic E-state index is 0.118. The van der Waals surface area contributed by atoms with E-state index in [0.29, 0.717) is 29.4 Å². The molecule has 4 aliphatic carbocycles. The predicted octanol–water partition coefficient (Wildman–Crippen LogP) is 5.25. The minimum absolute atomic E-state index is 0.118. The summed E-state index contributed by atoms with van der Waals surface area (Å²) in [6.45, 7) is 6.09. The zero-order valence-corrected chi connectivity index (χ0v) is 20.1. The number of methoxy groups -OCH3 is 1. The van der Waals surface area contributed by atoms with Crippen molar-refractivity contribution in [1.82, 2.24) is 9.78 Å². The topological polar surface area (TPSA) is 67.9 Å². The number of aromatic nitrogens is 2. The lowest BCUT2D eigenvalue weighted by Gasteiger charge is -2.61. The van der Waals surface area contributed by atoms with Crippen LogP contribution >= 0.6 is 0 Å². The minimum Gasteiger partial charge on any atom is -0.384 e. The monoisotopic (exact) mass is 437 g/mol. The highest BCUT2D eigenvalue weighted by molar-refractivity contribution is 5.82. The Morgan fingerprint density at radius 2 is 2.06 bits per heavy atom. The van der Waals surface area contributed by atoms with Gasteiger partial charge in [0.1, 0.15) is 6.07 Å². The van der Waals surface area contributed by atoms with Gasteiger partial charge in [-0.2, -0.15) is 10.4 Å². The number of hydrogen-bond donors (Lipinski definition) is 0. The molecule has 0 radical (unpaired) electrons. The number of carbonyl (C=O) groups excluding carboxylic acids is 1. The molecular formula is C27H39N3O2. The number of nitrogens with zero attached hydrogens (tertiary/aromatic N) is 3. The maximum atomic E-state index is 13.4. The van der Waals surface area contributed by atoms with Crippen LogP contribution in [0.5, 0.6) is 0 Å². The molecule has 8 atom stereocenters. The number of rotatable bonds is 5. The van der Waals surface area contributed by atoms with Gasteiger partial charge in [0.2, 0.25) is 0 Å². The molecule has 0 amide bonds. The van der Waals surface area contributed by atoms with E-state index in [-0.39, 0.29) is 11.3 Å². The van der Waals surface area contributed by atoms with Crippen molar-refractivity contribution in [3.63, 3.8) is 0 Å². The van der Waals surface area contributed by atoms with Crippen LogP contribution in [0.4, 0.5) is 0 Å². The molecule has 4 aliphatic rings. The summed E-state index contributed by atoms with van der Waals surface area (Å²) >= 11 is 0. The molecule has 1 aromatic rings. The number of carbonyl (C=O) groups is 1. The van der Waals surface area contributed by atoms with Crippen LogP contribution in [0.2, 0.25) is 0 Å². The van der Waals surface area contributed by atoms with Crippen LogP contribution in [0.1, 0.15) is 77.3 Å². The maximum absolute atomic E-state index is 13.4. The molecule has 0 saturated heterocycles. The third-order valence-electron chi connectivity index (χ3n) is 10.5. The Morgan fingerprint density at radius 3 is 2.81 bits per heavy atom. The van der Waals surface area contributed by atoms with Gasteiger partial charge in [0, 0.05) is 19.2 Å². The molecule has 32 heavy (non-hydrogen) atoms. The van der Waals surface area contributed by atoms with E-state index in [4.69, 9.17) is 10.00 Å². The third kappa shape index (κ3) is 3.36. The van der Waals surface area contributed by atoms with Gasteiger partial charge in [-0.15, -0.1) is 0 Å². The molecule has 174 valence electrons. The number of hydrogen-bond acceptors (Lipinski definition) is 4. The van der Waals surface area contributed by atoms with Crippen molar-refractivity contribution >= 4 is 5.78 Å². The molecule has 0 spiro atoms. The molecule has 1 heterocycles. The summed E-state index contributed by atoms with van der Waals surface area (Å²) in [5.41, 5.74) is 0.874. The lowest BCUT2D eigenvalue weighted by atomic mass is 9.44. The summed E-state index contributed by atoms with van der Waals surface area (Å²) in [6.07, 6.45) is 13.2. The van der Waals surface area contributed by atoms with E-state index in [9.17, 15) is 4.79 Å². The van der Waals surface area contributed by atoms with Crippen LogP contribution in [-0.4, -0.2) is 29.3 Å². The number of Topliss-reactive ketones (excluding diaryl/α,β-unsaturated/α-hetero) is 1. The predicted molar refractivity (Wildman–Crippen MR) is 123 cm³/mol. The smallest absolute Gasteiger partial charge is 0.162 e. The number of fused-ring (bicyclic) bond motifs is 5. The first-order valence-corrected chi connectivity index (χ1v) is 12.9. The van der Waals surface area contributed by atoms with Crippen molar-refractivity contribution in [3.05, 3.63) is 18.0 Å². The molecule has 4 fully saturated rings. The second kappa shape index (κ2) is 8.28. The fraction of sp³-hybridized carbons (Fsp3) is 0.815. The molecule has 5 nitrogen and oxygen atoms in total. The van der Waals surface area contributed by atoms with E-state index in [1.807, 2.05) is 7.11 Å². The SMILES string of the molecule is COCC12CC[C@H](C)CC1CCC1C3CCC(C(=O)Cn4ccc(C#N)n4)C3(C)CCC12. The Kier molecular flexibility index (Phi) is 5.73. The summed E-state index contributed by atoms with van der Waals surface area (Å²) in [7, 11) is 1.90. The van der Waals surface area contributed by atoms with Gasteiger partial charge in [-0.25, -0.2) is 0 Å². The number of nitriles is 1. The number of ether oxygens (including phenoxy) is 1. The molecule has 4 saturated carbocycles. The van der Waals surface area contributed by atoms with Crippen LogP contribution < -0.4 is 0 Å². The van der Waals surface area contributed by atoms with E-state index in [0.717, 1.165) is 36.7 Å². The first-order chi connectivity index (χ1) is 15.4. The van der Waals surface area contributed by atoms with Crippen LogP contribution in [0.15, 0.2) is 12.3 Å². The Hall–Kier alpha value is -1.67. The molecule has 0 N–H and O–H groups in total. The first-order valence-electron chi connectivity index (χ1n) is 12.9. The van der Waals surface area contributed by atoms with E-state index in [1.54, 1.807) is 16.9 Å². The van der Waals surface area contributed by atoms with Crippen molar-refractivity contribution in [2.75, 3.05) is 13.7 Å². The standard InChI is InChI=1S/C27H39N3O2/c1-18-8-12-27(17-32-3)19(14-18)4-5-21-22-6-7-24(26(22,2)11-9-23(21)27)25(31)16-30-13-10-20(15-28)29-30/h10,13,18-19,21-24H,4-9,11-12,14,16-17H2,1-3H3/t18-,19?,21?,22?,23?,24?,26?,27?/m0/s1. The Bertz CT molecular complexity index is 903. The fourth-order valence-electron chi connectivity index (χ4n) is 9.12. The summed E-state index contributed by atoms with van der Waals surface area (Å²) < 4.78 is 7.57. The highest BCUT2D eigenvalue weighted by Crippen LogP contribution is 2.68. The highest BCUT2D eigenvalue weighted by Gasteiger charge is 2.62. The average Bonchev–Trinajstić information content (AvgIpc) is 3.37. The van der Waals surface area contributed by atoms with Crippen LogP contribution in [0.25, 0.3) is 0 Å². The van der Waals surface area contributed by atoms with Crippen LogP contribution in [-0.2, 0) is 16.1 Å². The van der Waals surface area contributed by atoms with Gasteiger partial charge < -0.3 is 4.74 Å². The Labute approximate surface area is 192 Å². The van der Waals surface area contributed by atoms with Gasteiger partial charge in [-0.05, 0) is 97.9 Å². The number of ketones is 1. The van der Waals surface area contributed by atoms with Crippen molar-refractivity contribution in [2.24, 2.45) is 46.3 Å². The van der Waals surface area contributed by atoms with E-state index in [1.165, 1.54) is 51.4 Å². The van der Waals surface area contributed by atoms with Crippen LogP contribution in [0, 0.1) is 57.7 Å². The molecule has 0 aliphatic heterocycles. The summed E-state index contributed by atoms with van der Waals surface area (Å²) in [4.78, 5) is 13.4. The largest absolute Gasteiger partial charge is 0.384 e. The third-order valence-corrected chi connectivity index (χ3v) is 10.5. The van der Waals surface area contributed by atoms with Crippen molar-refractivity contribution in [1.29, 1.82) is 5.26 Å². The lowest BCUT2D eigenvalue weighted by Crippen LogP contribution is -2.56. The van der Waals surface area contributed by atoms with E-state index < -0.39 is 0 Å². The van der Waals surface area contributed by atoms with E-state index >= 15 is 0 Å². The maximum Gasteiger partial charge on any atom is 0.162 e. The van der Waals surface area contributed by atoms with Gasteiger partial charge in [-0.1, -0.05) is 20.3 Å². The molecular weight excluding hydrogens is 398 g/mol. The molecule has 5 heteroatoms. The quantitative estimate of drug-likeness (QED) is 0.631. The van der Waals surface area contributed by atoms with Gasteiger partial charge >= 0.3 is 0 Å². The molecule has 5 rings (SSSR count). The van der Waals surface area contributed by atoms with Crippen molar-refractivity contribution < 1.29 is 9.53 Å². The molecule has 1 aromatic heterocycles. The van der Waals surface area contributed by atoms with Crippen molar-refractivity contribution in [2.45, 2.75) is 78.2 Å². The lowest BCUT2D eigenvalue weighted by molar-refractivity contribution is -0.154. The Balaban J connectivity index is 1.36. The Morgan fingerprint density at radius 1 is 1.22 bits per heavy atom.